The van der Waals surface area contributed by atoms with Gasteiger partial charge in [0.05, 0.1) is 26.4 Å². The lowest BCUT2D eigenvalue weighted by atomic mass is 10.0. The molecule has 17 nitrogen and oxygen atoms in total. The lowest BCUT2D eigenvalue weighted by molar-refractivity contribution is -0.161. The molecule has 0 aromatic rings. The van der Waals surface area contributed by atoms with Crippen LogP contribution >= 0.6 is 15.6 Å². The molecule has 3 N–H and O–H groups in total. The zero-order valence-electron chi connectivity index (χ0n) is 55.2. The second-order valence-electron chi connectivity index (χ2n) is 25.8. The minimum Gasteiger partial charge on any atom is -0.462 e. The Bertz CT molecular complexity index is 1700. The highest BCUT2D eigenvalue weighted by Crippen LogP contribution is 2.45. The molecule has 0 aliphatic heterocycles. The summed E-state index contributed by atoms with van der Waals surface area (Å²) in [7, 11) is -9.89. The molecule has 0 aliphatic rings. The van der Waals surface area contributed by atoms with Crippen molar-refractivity contribution in [1.29, 1.82) is 0 Å². The summed E-state index contributed by atoms with van der Waals surface area (Å²) in [5.41, 5.74) is 0. The fraction of sp³-hybridized carbons (Fsp3) is 0.939. The van der Waals surface area contributed by atoms with Gasteiger partial charge in [-0.25, -0.2) is 9.13 Å². The number of ether oxygens (including phenoxy) is 4. The molecule has 0 amide bonds. The van der Waals surface area contributed by atoms with Crippen molar-refractivity contribution >= 4 is 39.5 Å². The fourth-order valence-electron chi connectivity index (χ4n) is 9.78. The predicted molar refractivity (Wildman–Crippen MR) is 340 cm³/mol. The lowest BCUT2D eigenvalue weighted by Gasteiger charge is -2.21. The average molecular weight is 1260 g/mol. The zero-order chi connectivity index (χ0) is 63.2. The molecular weight excluding hydrogens is 1130 g/mol. The van der Waals surface area contributed by atoms with E-state index in [-0.39, 0.29) is 25.7 Å². The molecule has 0 aromatic carbocycles. The molecule has 0 heterocycles. The van der Waals surface area contributed by atoms with E-state index in [1.165, 1.54) is 122 Å². The molecule has 0 saturated carbocycles. The monoisotopic (exact) mass is 1250 g/mol. The molecule has 19 heteroatoms. The maximum absolute atomic E-state index is 13.0. The largest absolute Gasteiger partial charge is 0.472 e. The van der Waals surface area contributed by atoms with Crippen LogP contribution in [0, 0.1) is 23.7 Å². The molecule has 504 valence electrons. The minimum absolute atomic E-state index is 0.102. The molecule has 0 saturated heterocycles. The van der Waals surface area contributed by atoms with E-state index in [1.807, 2.05) is 0 Å². The summed E-state index contributed by atoms with van der Waals surface area (Å²) in [6.07, 6.45) is 36.3. The highest BCUT2D eigenvalue weighted by atomic mass is 31.2. The van der Waals surface area contributed by atoms with E-state index < -0.39 is 97.5 Å². The van der Waals surface area contributed by atoms with Gasteiger partial charge in [0.25, 0.3) is 0 Å². The van der Waals surface area contributed by atoms with Crippen LogP contribution in [0.5, 0.6) is 0 Å². The Kier molecular flexibility index (Phi) is 54.8. The predicted octanol–water partition coefficient (Wildman–Crippen LogP) is 18.1. The Morgan fingerprint density at radius 3 is 0.729 bits per heavy atom. The Morgan fingerprint density at radius 1 is 0.294 bits per heavy atom. The third kappa shape index (κ3) is 60.7. The van der Waals surface area contributed by atoms with Gasteiger partial charge in [-0.05, 0) is 49.4 Å². The lowest BCUT2D eigenvalue weighted by Crippen LogP contribution is -2.30. The third-order valence-electron chi connectivity index (χ3n) is 15.1. The van der Waals surface area contributed by atoms with Crippen molar-refractivity contribution in [3.63, 3.8) is 0 Å². The van der Waals surface area contributed by atoms with Gasteiger partial charge in [-0.15, -0.1) is 0 Å². The second-order valence-corrected chi connectivity index (χ2v) is 28.7. The summed E-state index contributed by atoms with van der Waals surface area (Å²) in [4.78, 5) is 72.3. The number of phosphoric ester groups is 2. The number of aliphatic hydroxyl groups is 1. The molecule has 0 aliphatic carbocycles. The molecule has 0 radical (unpaired) electrons. The SMILES string of the molecule is CC(C)CCCCCCCCCCCCC(=O)O[C@H](COC(=O)CCCCCCCCCCC(C)C)COP(=O)(O)OCC(O)COP(=O)(O)OC[C@@H](COC(=O)CCCCCCCCCCC(C)C)OC(=O)CCCCCCCCCC(C)C. The molecule has 0 bridgehead atoms. The van der Waals surface area contributed by atoms with Crippen LogP contribution in [0.1, 0.15) is 319 Å². The summed E-state index contributed by atoms with van der Waals surface area (Å²) >= 11 is 0. The first-order valence-corrected chi connectivity index (χ1v) is 37.2. The van der Waals surface area contributed by atoms with Crippen LogP contribution in [-0.2, 0) is 65.4 Å². The molecule has 0 fully saturated rings. The Morgan fingerprint density at radius 2 is 0.494 bits per heavy atom. The number of unbranched alkanes of at least 4 members (excludes halogenated alkanes) is 29. The van der Waals surface area contributed by atoms with E-state index in [1.54, 1.807) is 0 Å². The van der Waals surface area contributed by atoms with Gasteiger partial charge in [-0.3, -0.25) is 37.3 Å². The van der Waals surface area contributed by atoms with E-state index in [4.69, 9.17) is 37.0 Å². The normalized spacial score (nSPS) is 14.4. The van der Waals surface area contributed by atoms with Crippen molar-refractivity contribution < 1.29 is 80.2 Å². The Balaban J connectivity index is 5.26. The average Bonchev–Trinajstić information content (AvgIpc) is 3.56. The minimum atomic E-state index is -4.95. The summed E-state index contributed by atoms with van der Waals surface area (Å²) in [5.74, 6) is 0.763. The number of phosphoric acid groups is 2. The number of hydrogen-bond acceptors (Lipinski definition) is 15. The van der Waals surface area contributed by atoms with Gasteiger partial charge in [0.15, 0.2) is 12.2 Å². The standard InChI is InChI=1S/C66H128O17P2/c1-56(2)42-34-26-18-11-9-10-12-24-32-40-48-65(70)82-61(52-76-63(68)46-38-30-22-15-13-19-27-35-43-57(3)4)54-80-84(72,73)78-50-60(67)51-79-85(74,75)81-55-62(83-66(71)49-41-33-25-17-21-29-37-45-59(7)8)53-77-64(69)47-39-31-23-16-14-20-28-36-44-58(5)6/h56-62,67H,9-55H2,1-8H3,(H,72,73)(H,74,75)/t60?,61-,62-/m1/s1. The van der Waals surface area contributed by atoms with Gasteiger partial charge < -0.3 is 33.8 Å². The van der Waals surface area contributed by atoms with Crippen LogP contribution in [0.4, 0.5) is 0 Å². The summed E-state index contributed by atoms with van der Waals surface area (Å²) in [5, 5.41) is 10.5. The molecular formula is C66H128O17P2. The maximum Gasteiger partial charge on any atom is 0.472 e. The van der Waals surface area contributed by atoms with E-state index in [9.17, 15) is 43.2 Å². The van der Waals surface area contributed by atoms with Crippen molar-refractivity contribution in [2.24, 2.45) is 23.7 Å². The van der Waals surface area contributed by atoms with Gasteiger partial charge in [0.1, 0.15) is 19.3 Å². The third-order valence-corrected chi connectivity index (χ3v) is 17.0. The summed E-state index contributed by atoms with van der Waals surface area (Å²) in [6, 6.07) is 0. The number of esters is 4. The van der Waals surface area contributed by atoms with Crippen molar-refractivity contribution in [1.82, 2.24) is 0 Å². The number of rotatable bonds is 63. The van der Waals surface area contributed by atoms with Crippen LogP contribution in [0.15, 0.2) is 0 Å². The van der Waals surface area contributed by atoms with Gasteiger partial charge in [0.2, 0.25) is 0 Å². The highest BCUT2D eigenvalue weighted by Gasteiger charge is 2.30. The number of aliphatic hydroxyl groups excluding tert-OH is 1. The summed E-state index contributed by atoms with van der Waals surface area (Å²) < 4.78 is 68.1. The fourth-order valence-corrected chi connectivity index (χ4v) is 11.4. The number of carbonyl (C=O) groups excluding carboxylic acids is 4. The number of carbonyl (C=O) groups is 4. The van der Waals surface area contributed by atoms with Crippen molar-refractivity contribution in [3.8, 4) is 0 Å². The van der Waals surface area contributed by atoms with Crippen LogP contribution in [0.3, 0.4) is 0 Å². The maximum atomic E-state index is 13.0. The van der Waals surface area contributed by atoms with Gasteiger partial charge in [-0.1, -0.05) is 267 Å². The molecule has 5 atom stereocenters. The smallest absolute Gasteiger partial charge is 0.462 e. The highest BCUT2D eigenvalue weighted by molar-refractivity contribution is 7.47. The quantitative estimate of drug-likeness (QED) is 0.0222. The topological polar surface area (TPSA) is 237 Å². The zero-order valence-corrected chi connectivity index (χ0v) is 57.0. The number of hydrogen-bond donors (Lipinski definition) is 3. The van der Waals surface area contributed by atoms with Crippen molar-refractivity contribution in [2.45, 2.75) is 337 Å². The van der Waals surface area contributed by atoms with Crippen molar-refractivity contribution in [2.75, 3.05) is 39.6 Å². The van der Waals surface area contributed by atoms with E-state index in [2.05, 4.69) is 55.4 Å². The van der Waals surface area contributed by atoms with E-state index in [0.29, 0.717) is 31.6 Å². The van der Waals surface area contributed by atoms with Crippen LogP contribution in [0.25, 0.3) is 0 Å². The molecule has 0 rings (SSSR count). The molecule has 3 unspecified atom stereocenters. The van der Waals surface area contributed by atoms with E-state index >= 15 is 0 Å². The first-order valence-electron chi connectivity index (χ1n) is 34.2. The van der Waals surface area contributed by atoms with Crippen molar-refractivity contribution in [3.05, 3.63) is 0 Å². The Labute approximate surface area is 517 Å². The first kappa shape index (κ1) is 83.1. The molecule has 0 aromatic heterocycles. The first-order chi connectivity index (χ1) is 40.6. The van der Waals surface area contributed by atoms with E-state index in [0.717, 1.165) is 108 Å². The molecule has 85 heavy (non-hydrogen) atoms. The van der Waals surface area contributed by atoms with Crippen LogP contribution < -0.4 is 0 Å². The summed E-state index contributed by atoms with van der Waals surface area (Å²) in [6.45, 7) is 14.0. The Hall–Kier alpha value is -1.94. The van der Waals surface area contributed by atoms with Gasteiger partial charge in [0, 0.05) is 25.7 Å². The second kappa shape index (κ2) is 56.1. The van der Waals surface area contributed by atoms with Crippen LogP contribution in [0.2, 0.25) is 0 Å². The molecule has 0 spiro atoms. The van der Waals surface area contributed by atoms with Crippen LogP contribution in [-0.4, -0.2) is 96.7 Å². The van der Waals surface area contributed by atoms with Gasteiger partial charge >= 0.3 is 39.5 Å². The van der Waals surface area contributed by atoms with Gasteiger partial charge in [-0.2, -0.15) is 0 Å².